The summed E-state index contributed by atoms with van der Waals surface area (Å²) in [6.07, 6.45) is 11.8. The van der Waals surface area contributed by atoms with E-state index in [1.54, 1.807) is 0 Å². The zero-order chi connectivity index (χ0) is 8.10. The lowest BCUT2D eigenvalue weighted by Gasteiger charge is -1.90. The van der Waals surface area contributed by atoms with Crippen LogP contribution in [0.15, 0.2) is 34.9 Å². The second kappa shape index (κ2) is 4.40. The van der Waals surface area contributed by atoms with Gasteiger partial charge in [-0.2, -0.15) is 0 Å². The summed E-state index contributed by atoms with van der Waals surface area (Å²) >= 11 is 5.88. The maximum absolute atomic E-state index is 5.88. The minimum Gasteiger partial charge on any atom is -0.0847 e. The molecular weight excluding hydrogens is 156 g/mol. The fourth-order valence-corrected chi connectivity index (χ4v) is 1.21. The highest BCUT2D eigenvalue weighted by Gasteiger charge is 1.90. The molecule has 0 amide bonds. The standard InChI is InChI=1S/C10H13Cl/c1-9-5-3-2-4-6-10(11)8-7-9/h5-8H,2-4H2,1H3/b8-7-,9-5-,10-6-. The average Bonchev–Trinajstić information content (AvgIpc) is 2.06. The van der Waals surface area contributed by atoms with Crippen LogP contribution in [0.3, 0.4) is 0 Å². The number of rotatable bonds is 0. The maximum atomic E-state index is 5.88. The molecule has 0 bridgehead atoms. The Hall–Kier alpha value is -0.490. The molecule has 0 aromatic rings. The van der Waals surface area contributed by atoms with Gasteiger partial charge in [0.1, 0.15) is 0 Å². The number of allylic oxidation sites excluding steroid dienone is 6. The van der Waals surface area contributed by atoms with Gasteiger partial charge in [-0.25, -0.2) is 0 Å². The van der Waals surface area contributed by atoms with Gasteiger partial charge in [0.25, 0.3) is 0 Å². The van der Waals surface area contributed by atoms with Crippen molar-refractivity contribution in [1.82, 2.24) is 0 Å². The predicted octanol–water partition coefficient (Wildman–Crippen LogP) is 3.80. The second-order valence-corrected chi connectivity index (χ2v) is 3.24. The summed E-state index contributed by atoms with van der Waals surface area (Å²) in [5, 5.41) is 0.861. The van der Waals surface area contributed by atoms with Gasteiger partial charge in [-0.05, 0) is 32.3 Å². The maximum Gasteiger partial charge on any atom is 0.0366 e. The van der Waals surface area contributed by atoms with E-state index in [0.29, 0.717) is 0 Å². The Morgan fingerprint density at radius 2 is 1.91 bits per heavy atom. The van der Waals surface area contributed by atoms with Crippen LogP contribution < -0.4 is 0 Å². The van der Waals surface area contributed by atoms with Crippen molar-refractivity contribution in [2.75, 3.05) is 0 Å². The Bertz CT molecular complexity index is 187. The first-order chi connectivity index (χ1) is 5.29. The third-order valence-electron chi connectivity index (χ3n) is 1.72. The molecular formula is C10H13Cl. The monoisotopic (exact) mass is 168 g/mol. The molecule has 1 heteroatoms. The van der Waals surface area contributed by atoms with Crippen LogP contribution in [0.4, 0.5) is 0 Å². The van der Waals surface area contributed by atoms with Crippen molar-refractivity contribution in [3.63, 3.8) is 0 Å². The van der Waals surface area contributed by atoms with Gasteiger partial charge < -0.3 is 0 Å². The van der Waals surface area contributed by atoms with Crippen LogP contribution in [0.25, 0.3) is 0 Å². The highest BCUT2D eigenvalue weighted by Crippen LogP contribution is 2.12. The fraction of sp³-hybridized carbons (Fsp3) is 0.400. The Morgan fingerprint density at radius 3 is 2.73 bits per heavy atom. The van der Waals surface area contributed by atoms with Gasteiger partial charge in [0.15, 0.2) is 0 Å². The molecule has 1 aliphatic rings. The van der Waals surface area contributed by atoms with Gasteiger partial charge in [-0.1, -0.05) is 35.4 Å². The summed E-state index contributed by atoms with van der Waals surface area (Å²) in [5.41, 5.74) is 1.30. The van der Waals surface area contributed by atoms with Crippen LogP contribution in [0.1, 0.15) is 26.2 Å². The number of halogens is 1. The van der Waals surface area contributed by atoms with Gasteiger partial charge in [0, 0.05) is 5.03 Å². The zero-order valence-electron chi connectivity index (χ0n) is 6.81. The first kappa shape index (κ1) is 8.61. The molecule has 0 N–H and O–H groups in total. The van der Waals surface area contributed by atoms with Crippen molar-refractivity contribution in [3.05, 3.63) is 34.9 Å². The minimum atomic E-state index is 0.861. The van der Waals surface area contributed by atoms with E-state index in [1.807, 2.05) is 6.08 Å². The van der Waals surface area contributed by atoms with Crippen LogP contribution >= 0.6 is 11.6 Å². The quantitative estimate of drug-likeness (QED) is 0.516. The van der Waals surface area contributed by atoms with Gasteiger partial charge in [-0.15, -0.1) is 0 Å². The molecule has 0 nitrogen and oxygen atoms in total. The average molecular weight is 169 g/mol. The number of hydrogen-bond acceptors (Lipinski definition) is 0. The van der Waals surface area contributed by atoms with Gasteiger partial charge >= 0.3 is 0 Å². The highest BCUT2D eigenvalue weighted by molar-refractivity contribution is 6.31. The molecule has 0 aromatic carbocycles. The van der Waals surface area contributed by atoms with Crippen LogP contribution in [-0.4, -0.2) is 0 Å². The molecule has 0 saturated heterocycles. The lowest BCUT2D eigenvalue weighted by atomic mass is 10.2. The predicted molar refractivity (Wildman–Crippen MR) is 50.7 cm³/mol. The van der Waals surface area contributed by atoms with Crippen molar-refractivity contribution >= 4 is 11.6 Å². The molecule has 0 spiro atoms. The summed E-state index contributed by atoms with van der Waals surface area (Å²) in [5.74, 6) is 0. The molecule has 60 valence electrons. The van der Waals surface area contributed by atoms with E-state index in [9.17, 15) is 0 Å². The van der Waals surface area contributed by atoms with Crippen LogP contribution in [0.5, 0.6) is 0 Å². The Kier molecular flexibility index (Phi) is 3.44. The van der Waals surface area contributed by atoms with Crippen LogP contribution in [0.2, 0.25) is 0 Å². The molecule has 11 heavy (non-hydrogen) atoms. The van der Waals surface area contributed by atoms with Crippen LogP contribution in [-0.2, 0) is 0 Å². The van der Waals surface area contributed by atoms with Crippen molar-refractivity contribution in [2.45, 2.75) is 26.2 Å². The third kappa shape index (κ3) is 3.43. The largest absolute Gasteiger partial charge is 0.0847 e. The summed E-state index contributed by atoms with van der Waals surface area (Å²) < 4.78 is 0. The lowest BCUT2D eigenvalue weighted by Crippen LogP contribution is -1.70. The third-order valence-corrected chi connectivity index (χ3v) is 2.00. The molecule has 1 aliphatic carbocycles. The molecule has 0 fully saturated rings. The van der Waals surface area contributed by atoms with Gasteiger partial charge in [-0.3, -0.25) is 0 Å². The second-order valence-electron chi connectivity index (χ2n) is 2.80. The van der Waals surface area contributed by atoms with E-state index in [1.165, 1.54) is 12.0 Å². The summed E-state index contributed by atoms with van der Waals surface area (Å²) in [6, 6.07) is 0. The van der Waals surface area contributed by atoms with Crippen molar-refractivity contribution in [2.24, 2.45) is 0 Å². The lowest BCUT2D eigenvalue weighted by molar-refractivity contribution is 0.865. The molecule has 0 atom stereocenters. The molecule has 0 aromatic heterocycles. The van der Waals surface area contributed by atoms with Crippen molar-refractivity contribution in [3.8, 4) is 0 Å². The van der Waals surface area contributed by atoms with E-state index in [4.69, 9.17) is 11.6 Å². The van der Waals surface area contributed by atoms with Gasteiger partial charge in [0.2, 0.25) is 0 Å². The molecule has 0 unspecified atom stereocenters. The van der Waals surface area contributed by atoms with Gasteiger partial charge in [0.05, 0.1) is 0 Å². The smallest absolute Gasteiger partial charge is 0.0366 e. The van der Waals surface area contributed by atoms with E-state index < -0.39 is 0 Å². The van der Waals surface area contributed by atoms with E-state index in [-0.39, 0.29) is 0 Å². The first-order valence-electron chi connectivity index (χ1n) is 3.99. The van der Waals surface area contributed by atoms with E-state index in [0.717, 1.165) is 17.9 Å². The van der Waals surface area contributed by atoms with E-state index >= 15 is 0 Å². The normalized spacial score (nSPS) is 31.8. The summed E-state index contributed by atoms with van der Waals surface area (Å²) in [4.78, 5) is 0. The Labute approximate surface area is 73.3 Å². The molecule has 1 rings (SSSR count). The van der Waals surface area contributed by atoms with E-state index in [2.05, 4.69) is 25.2 Å². The SMILES string of the molecule is CC1=C/CCC/C=C(Cl)/C=C\1. The molecule has 0 saturated carbocycles. The zero-order valence-corrected chi connectivity index (χ0v) is 7.56. The Balaban J connectivity index is 2.70. The van der Waals surface area contributed by atoms with Crippen LogP contribution in [0, 0.1) is 0 Å². The summed E-state index contributed by atoms with van der Waals surface area (Å²) in [6.45, 7) is 2.10. The van der Waals surface area contributed by atoms with Crippen molar-refractivity contribution in [1.29, 1.82) is 0 Å². The van der Waals surface area contributed by atoms with Crippen molar-refractivity contribution < 1.29 is 0 Å². The fourth-order valence-electron chi connectivity index (χ4n) is 1.03. The Morgan fingerprint density at radius 1 is 1.18 bits per heavy atom. The number of hydrogen-bond donors (Lipinski definition) is 0. The summed E-state index contributed by atoms with van der Waals surface area (Å²) in [7, 11) is 0. The highest BCUT2D eigenvalue weighted by atomic mass is 35.5. The molecule has 0 aliphatic heterocycles. The first-order valence-corrected chi connectivity index (χ1v) is 4.37. The molecule has 0 heterocycles. The topological polar surface area (TPSA) is 0 Å². The molecule has 0 radical (unpaired) electrons. The minimum absolute atomic E-state index is 0.861.